The predicted octanol–water partition coefficient (Wildman–Crippen LogP) is 2.25. The van der Waals surface area contributed by atoms with Crippen molar-refractivity contribution in [1.29, 1.82) is 0 Å². The van der Waals surface area contributed by atoms with Gasteiger partial charge in [0, 0.05) is 21.9 Å². The van der Waals surface area contributed by atoms with Crippen LogP contribution in [0.4, 0.5) is 11.4 Å². The molecule has 0 spiro atoms. The van der Waals surface area contributed by atoms with Gasteiger partial charge in [-0.05, 0) is 49.7 Å². The highest BCUT2D eigenvalue weighted by Gasteiger charge is 2.17. The zero-order valence-corrected chi connectivity index (χ0v) is 17.4. The number of amides is 2. The predicted molar refractivity (Wildman–Crippen MR) is 110 cm³/mol. The summed E-state index contributed by atoms with van der Waals surface area (Å²) in [6.07, 6.45) is 0. The second-order valence-corrected chi connectivity index (χ2v) is 7.10. The molecule has 6 nitrogen and oxygen atoms in total. The van der Waals surface area contributed by atoms with E-state index in [1.165, 1.54) is 0 Å². The van der Waals surface area contributed by atoms with E-state index in [0.717, 1.165) is 20.6 Å². The van der Waals surface area contributed by atoms with Gasteiger partial charge in [-0.15, -0.1) is 0 Å². The van der Waals surface area contributed by atoms with Gasteiger partial charge in [0.25, 0.3) is 11.8 Å². The summed E-state index contributed by atoms with van der Waals surface area (Å²) in [6.45, 7) is 5.01. The SMILES string of the molecule is CC[NH+](CC(=O)Nc1cccc(OC)c1)CC(=O)Nc1ccc(Br)c(C)c1. The van der Waals surface area contributed by atoms with Crippen molar-refractivity contribution in [2.75, 3.05) is 37.4 Å². The van der Waals surface area contributed by atoms with Gasteiger partial charge in [0.15, 0.2) is 13.1 Å². The molecular formula is C20H25BrN3O3+. The molecule has 3 N–H and O–H groups in total. The molecule has 2 rings (SSSR count). The molecule has 0 aromatic heterocycles. The number of likely N-dealkylation sites (N-methyl/N-ethyl adjacent to an activating group) is 1. The fourth-order valence-electron chi connectivity index (χ4n) is 2.60. The van der Waals surface area contributed by atoms with Crippen LogP contribution in [0.5, 0.6) is 5.75 Å². The van der Waals surface area contributed by atoms with Crippen molar-refractivity contribution >= 4 is 39.1 Å². The van der Waals surface area contributed by atoms with Gasteiger partial charge in [-0.2, -0.15) is 0 Å². The number of hydrogen-bond acceptors (Lipinski definition) is 3. The third-order valence-corrected chi connectivity index (χ3v) is 5.01. The molecule has 0 heterocycles. The first-order valence-electron chi connectivity index (χ1n) is 8.74. The Bertz CT molecular complexity index is 811. The largest absolute Gasteiger partial charge is 0.497 e. The lowest BCUT2D eigenvalue weighted by molar-refractivity contribution is -0.881. The van der Waals surface area contributed by atoms with Crippen LogP contribution in [-0.4, -0.2) is 38.6 Å². The first-order valence-corrected chi connectivity index (χ1v) is 9.54. The highest BCUT2D eigenvalue weighted by atomic mass is 79.9. The Morgan fingerprint density at radius 3 is 2.22 bits per heavy atom. The van der Waals surface area contributed by atoms with Gasteiger partial charge < -0.3 is 20.3 Å². The maximum Gasteiger partial charge on any atom is 0.279 e. The normalized spacial score (nSPS) is 11.6. The third-order valence-electron chi connectivity index (χ3n) is 4.12. The number of hydrogen-bond donors (Lipinski definition) is 3. The Hall–Kier alpha value is -2.38. The van der Waals surface area contributed by atoms with Crippen LogP contribution in [0.1, 0.15) is 12.5 Å². The molecule has 0 saturated carbocycles. The van der Waals surface area contributed by atoms with Gasteiger partial charge in [0.05, 0.1) is 13.7 Å². The van der Waals surface area contributed by atoms with E-state index >= 15 is 0 Å². The molecule has 0 aliphatic rings. The van der Waals surface area contributed by atoms with E-state index < -0.39 is 0 Å². The molecule has 0 saturated heterocycles. The number of methoxy groups -OCH3 is 1. The van der Waals surface area contributed by atoms with Crippen LogP contribution < -0.4 is 20.3 Å². The molecule has 1 atom stereocenters. The summed E-state index contributed by atoms with van der Waals surface area (Å²) in [5.74, 6) is 0.409. The van der Waals surface area contributed by atoms with Crippen molar-refractivity contribution in [3.63, 3.8) is 0 Å². The Balaban J connectivity index is 1.88. The molecule has 7 heteroatoms. The lowest BCUT2D eigenvalue weighted by Crippen LogP contribution is -3.13. The minimum atomic E-state index is -0.146. The Morgan fingerprint density at radius 1 is 1.04 bits per heavy atom. The molecule has 0 fully saturated rings. The Kier molecular flexibility index (Phi) is 7.82. The summed E-state index contributed by atoms with van der Waals surface area (Å²) < 4.78 is 6.15. The molecule has 2 amide bonds. The highest BCUT2D eigenvalue weighted by molar-refractivity contribution is 9.10. The van der Waals surface area contributed by atoms with Crippen molar-refractivity contribution in [3.05, 3.63) is 52.5 Å². The van der Waals surface area contributed by atoms with Crippen molar-refractivity contribution in [3.8, 4) is 5.75 Å². The van der Waals surface area contributed by atoms with E-state index in [2.05, 4.69) is 26.6 Å². The Morgan fingerprint density at radius 2 is 1.67 bits per heavy atom. The number of anilines is 2. The second-order valence-electron chi connectivity index (χ2n) is 6.25. The molecule has 0 aliphatic carbocycles. The minimum absolute atomic E-state index is 0.122. The topological polar surface area (TPSA) is 71.9 Å². The fourth-order valence-corrected chi connectivity index (χ4v) is 2.85. The van der Waals surface area contributed by atoms with E-state index in [0.29, 0.717) is 18.0 Å². The third kappa shape index (κ3) is 6.69. The molecule has 2 aromatic carbocycles. The van der Waals surface area contributed by atoms with E-state index in [1.54, 1.807) is 19.2 Å². The van der Waals surface area contributed by atoms with Crippen molar-refractivity contribution in [2.24, 2.45) is 0 Å². The van der Waals surface area contributed by atoms with E-state index in [-0.39, 0.29) is 24.9 Å². The maximum absolute atomic E-state index is 12.3. The maximum atomic E-state index is 12.3. The smallest absolute Gasteiger partial charge is 0.279 e. The monoisotopic (exact) mass is 434 g/mol. The fraction of sp³-hybridized carbons (Fsp3) is 0.300. The number of carbonyl (C=O) groups is 2. The number of aryl methyl sites for hydroxylation is 1. The summed E-state index contributed by atoms with van der Waals surface area (Å²) in [7, 11) is 1.58. The molecule has 0 aliphatic heterocycles. The van der Waals surface area contributed by atoms with Crippen LogP contribution in [-0.2, 0) is 9.59 Å². The molecule has 27 heavy (non-hydrogen) atoms. The van der Waals surface area contributed by atoms with Gasteiger partial charge in [0.1, 0.15) is 5.75 Å². The van der Waals surface area contributed by atoms with Crippen molar-refractivity contribution in [1.82, 2.24) is 0 Å². The molecule has 0 bridgehead atoms. The summed E-state index contributed by atoms with van der Waals surface area (Å²) in [5, 5.41) is 5.73. The van der Waals surface area contributed by atoms with Crippen LogP contribution in [0, 0.1) is 6.92 Å². The first kappa shape index (κ1) is 20.9. The van der Waals surface area contributed by atoms with Crippen molar-refractivity contribution in [2.45, 2.75) is 13.8 Å². The lowest BCUT2D eigenvalue weighted by atomic mass is 10.2. The number of carbonyl (C=O) groups excluding carboxylic acids is 2. The average Bonchev–Trinajstić information content (AvgIpc) is 2.64. The van der Waals surface area contributed by atoms with E-state index in [9.17, 15) is 9.59 Å². The number of nitrogens with one attached hydrogen (secondary N) is 3. The number of halogens is 1. The molecular weight excluding hydrogens is 410 g/mol. The van der Waals surface area contributed by atoms with Gasteiger partial charge >= 0.3 is 0 Å². The second kappa shape index (κ2) is 10.1. The number of ether oxygens (including phenoxy) is 1. The van der Waals surface area contributed by atoms with E-state index in [4.69, 9.17) is 4.74 Å². The lowest BCUT2D eigenvalue weighted by Gasteiger charge is -2.17. The van der Waals surface area contributed by atoms with Crippen LogP contribution in [0.25, 0.3) is 0 Å². The molecule has 0 radical (unpaired) electrons. The zero-order valence-electron chi connectivity index (χ0n) is 15.8. The summed E-state index contributed by atoms with van der Waals surface area (Å²) >= 11 is 3.44. The Labute approximate surface area is 168 Å². The molecule has 1 unspecified atom stereocenters. The first-order chi connectivity index (χ1) is 12.9. The van der Waals surface area contributed by atoms with Gasteiger partial charge in [-0.1, -0.05) is 22.0 Å². The van der Waals surface area contributed by atoms with Gasteiger partial charge in [-0.25, -0.2) is 0 Å². The van der Waals surface area contributed by atoms with Gasteiger partial charge in [-0.3, -0.25) is 9.59 Å². The standard InChI is InChI=1S/C20H24BrN3O3/c1-4-24(12-19(25)22-15-6-5-7-17(11-15)27-3)13-20(26)23-16-8-9-18(21)14(2)10-16/h5-11H,4,12-13H2,1-3H3,(H,22,25)(H,23,26)/p+1. The number of rotatable bonds is 8. The molecule has 2 aromatic rings. The van der Waals surface area contributed by atoms with Crippen LogP contribution >= 0.6 is 15.9 Å². The number of quaternary nitrogens is 1. The summed E-state index contributed by atoms with van der Waals surface area (Å²) in [5.41, 5.74) is 2.46. The van der Waals surface area contributed by atoms with Crippen LogP contribution in [0.15, 0.2) is 46.9 Å². The van der Waals surface area contributed by atoms with Crippen LogP contribution in [0.3, 0.4) is 0 Å². The van der Waals surface area contributed by atoms with E-state index in [1.807, 2.05) is 44.2 Å². The number of benzene rings is 2. The average molecular weight is 435 g/mol. The van der Waals surface area contributed by atoms with Gasteiger partial charge in [0.2, 0.25) is 0 Å². The quantitative estimate of drug-likeness (QED) is 0.596. The van der Waals surface area contributed by atoms with Crippen LogP contribution in [0.2, 0.25) is 0 Å². The zero-order chi connectivity index (χ0) is 19.8. The minimum Gasteiger partial charge on any atom is -0.497 e. The molecule has 144 valence electrons. The van der Waals surface area contributed by atoms with Crippen molar-refractivity contribution < 1.29 is 19.2 Å². The summed E-state index contributed by atoms with van der Waals surface area (Å²) in [6, 6.07) is 12.8. The highest BCUT2D eigenvalue weighted by Crippen LogP contribution is 2.19. The summed E-state index contributed by atoms with van der Waals surface area (Å²) in [4.78, 5) is 25.5.